The van der Waals surface area contributed by atoms with E-state index in [4.69, 9.17) is 10.3 Å². The molecule has 2 heterocycles. The number of nitrogens with two attached hydrogens (primary N) is 1. The molecular weight excluding hydrogens is 266 g/mol. The fraction of sp³-hybridized carbons (Fsp3) is 0.364. The molecule has 2 aromatic heterocycles. The summed E-state index contributed by atoms with van der Waals surface area (Å²) in [6, 6.07) is 1.72. The number of carbonyl (C=O) groups is 1. The molecule has 1 amide bonds. The van der Waals surface area contributed by atoms with E-state index in [0.29, 0.717) is 35.4 Å². The second-order valence-electron chi connectivity index (χ2n) is 3.84. The lowest BCUT2D eigenvalue weighted by molar-refractivity contribution is 0.0960. The van der Waals surface area contributed by atoms with Crippen LogP contribution in [0.4, 0.5) is 10.7 Å². The van der Waals surface area contributed by atoms with Gasteiger partial charge in [-0.25, -0.2) is 0 Å². The van der Waals surface area contributed by atoms with Crippen molar-refractivity contribution in [3.05, 3.63) is 22.7 Å². The largest absolute Gasteiger partial charge is 0.397 e. The average molecular weight is 281 g/mol. The van der Waals surface area contributed by atoms with Crippen molar-refractivity contribution >= 4 is 27.9 Å². The van der Waals surface area contributed by atoms with Gasteiger partial charge in [-0.05, 0) is 19.9 Å². The molecule has 0 aliphatic rings. The summed E-state index contributed by atoms with van der Waals surface area (Å²) in [5, 5.41) is 10.3. The summed E-state index contributed by atoms with van der Waals surface area (Å²) in [4.78, 5) is 16.3. The van der Waals surface area contributed by atoms with E-state index in [1.807, 2.05) is 6.92 Å². The van der Waals surface area contributed by atoms with Crippen LogP contribution in [-0.2, 0) is 6.54 Å². The summed E-state index contributed by atoms with van der Waals surface area (Å²) < 4.78 is 4.98. The van der Waals surface area contributed by atoms with Gasteiger partial charge < -0.3 is 20.9 Å². The number of rotatable bonds is 5. The Morgan fingerprint density at radius 3 is 3.00 bits per heavy atom. The lowest BCUT2D eigenvalue weighted by Gasteiger charge is -1.99. The lowest BCUT2D eigenvalue weighted by Crippen LogP contribution is -2.22. The molecular formula is C11H15N5O2S. The number of carbonyl (C=O) groups excluding carboxylic acids is 1. The topological polar surface area (TPSA) is 106 Å². The molecule has 2 aromatic rings. The Morgan fingerprint density at radius 2 is 2.37 bits per heavy atom. The van der Waals surface area contributed by atoms with E-state index < -0.39 is 0 Å². The SMILES string of the molecule is CCNC(=O)c1sc(NCc2nc(C)no2)cc1N. The number of nitrogen functional groups attached to an aromatic ring is 1. The van der Waals surface area contributed by atoms with Crippen molar-refractivity contribution in [2.24, 2.45) is 0 Å². The Labute approximate surface area is 114 Å². The zero-order chi connectivity index (χ0) is 13.8. The van der Waals surface area contributed by atoms with Gasteiger partial charge in [0.25, 0.3) is 5.91 Å². The minimum atomic E-state index is -0.160. The van der Waals surface area contributed by atoms with Gasteiger partial charge in [0, 0.05) is 6.54 Å². The molecule has 0 saturated carbocycles. The van der Waals surface area contributed by atoms with E-state index in [1.54, 1.807) is 13.0 Å². The van der Waals surface area contributed by atoms with Crippen molar-refractivity contribution in [3.8, 4) is 0 Å². The van der Waals surface area contributed by atoms with Crippen LogP contribution in [0.15, 0.2) is 10.6 Å². The van der Waals surface area contributed by atoms with E-state index in [0.717, 1.165) is 5.00 Å². The Bertz CT molecular complexity index is 577. The summed E-state index contributed by atoms with van der Waals surface area (Å²) in [5.74, 6) is 0.918. The standard InChI is InChI=1S/C11H15N5O2S/c1-3-13-11(17)10-7(12)4-9(19-10)14-5-8-15-6(2)16-18-8/h4,14H,3,5,12H2,1-2H3,(H,13,17). The van der Waals surface area contributed by atoms with E-state index in [-0.39, 0.29) is 5.91 Å². The molecule has 0 atom stereocenters. The van der Waals surface area contributed by atoms with E-state index >= 15 is 0 Å². The molecule has 7 nitrogen and oxygen atoms in total. The molecule has 102 valence electrons. The van der Waals surface area contributed by atoms with Gasteiger partial charge in [0.15, 0.2) is 5.82 Å². The maximum absolute atomic E-state index is 11.7. The highest BCUT2D eigenvalue weighted by Crippen LogP contribution is 2.29. The molecule has 0 unspecified atom stereocenters. The molecule has 0 aliphatic carbocycles. The molecule has 0 saturated heterocycles. The predicted molar refractivity (Wildman–Crippen MR) is 73.1 cm³/mol. The van der Waals surface area contributed by atoms with Crippen molar-refractivity contribution in [1.82, 2.24) is 15.5 Å². The van der Waals surface area contributed by atoms with Gasteiger partial charge in [0.2, 0.25) is 5.89 Å². The smallest absolute Gasteiger partial charge is 0.263 e. The quantitative estimate of drug-likeness (QED) is 0.764. The van der Waals surface area contributed by atoms with E-state index in [9.17, 15) is 4.79 Å². The monoisotopic (exact) mass is 281 g/mol. The third kappa shape index (κ3) is 3.22. The van der Waals surface area contributed by atoms with Crippen molar-refractivity contribution < 1.29 is 9.32 Å². The van der Waals surface area contributed by atoms with Crippen LogP contribution in [0.25, 0.3) is 0 Å². The van der Waals surface area contributed by atoms with Gasteiger partial charge in [-0.2, -0.15) is 4.98 Å². The van der Waals surface area contributed by atoms with Crippen molar-refractivity contribution in [1.29, 1.82) is 0 Å². The summed E-state index contributed by atoms with van der Waals surface area (Å²) in [6.07, 6.45) is 0. The van der Waals surface area contributed by atoms with E-state index in [2.05, 4.69) is 20.8 Å². The fourth-order valence-electron chi connectivity index (χ4n) is 1.49. The number of thiophene rings is 1. The van der Waals surface area contributed by atoms with Crippen LogP contribution in [0.5, 0.6) is 0 Å². The molecule has 0 aromatic carbocycles. The normalized spacial score (nSPS) is 10.4. The predicted octanol–water partition coefficient (Wildman–Crippen LogP) is 1.38. The number of nitrogens with zero attached hydrogens (tertiary/aromatic N) is 2. The molecule has 0 fully saturated rings. The van der Waals surface area contributed by atoms with Crippen molar-refractivity contribution in [3.63, 3.8) is 0 Å². The second kappa shape index (κ2) is 5.70. The Morgan fingerprint density at radius 1 is 1.58 bits per heavy atom. The molecule has 19 heavy (non-hydrogen) atoms. The number of anilines is 2. The molecule has 2 rings (SSSR count). The summed E-state index contributed by atoms with van der Waals surface area (Å²) >= 11 is 1.30. The Hall–Kier alpha value is -2.09. The number of hydrogen-bond donors (Lipinski definition) is 3. The maximum atomic E-state index is 11.7. The molecule has 8 heteroatoms. The highest BCUT2D eigenvalue weighted by atomic mass is 32.1. The summed E-state index contributed by atoms with van der Waals surface area (Å²) in [5.41, 5.74) is 6.26. The summed E-state index contributed by atoms with van der Waals surface area (Å²) in [7, 11) is 0. The van der Waals surface area contributed by atoms with Gasteiger partial charge in [0.1, 0.15) is 4.88 Å². The van der Waals surface area contributed by atoms with Gasteiger partial charge in [-0.15, -0.1) is 11.3 Å². The highest BCUT2D eigenvalue weighted by molar-refractivity contribution is 7.18. The average Bonchev–Trinajstić information content (AvgIpc) is 2.93. The first-order valence-electron chi connectivity index (χ1n) is 5.80. The Kier molecular flexibility index (Phi) is 4.00. The number of nitrogens with one attached hydrogen (secondary N) is 2. The summed E-state index contributed by atoms with van der Waals surface area (Å²) in [6.45, 7) is 4.58. The third-order valence-corrected chi connectivity index (χ3v) is 3.40. The molecule has 4 N–H and O–H groups in total. The van der Waals surface area contributed by atoms with Crippen LogP contribution < -0.4 is 16.4 Å². The first-order chi connectivity index (χ1) is 9.10. The van der Waals surface area contributed by atoms with Crippen LogP contribution >= 0.6 is 11.3 Å². The number of hydrogen-bond acceptors (Lipinski definition) is 7. The second-order valence-corrected chi connectivity index (χ2v) is 4.90. The van der Waals surface area contributed by atoms with Crippen molar-refractivity contribution in [2.45, 2.75) is 20.4 Å². The number of aryl methyl sites for hydroxylation is 1. The first kappa shape index (κ1) is 13.3. The molecule has 0 radical (unpaired) electrons. The Balaban J connectivity index is 2.01. The zero-order valence-electron chi connectivity index (χ0n) is 10.7. The fourth-order valence-corrected chi connectivity index (χ4v) is 2.38. The van der Waals surface area contributed by atoms with Crippen LogP contribution in [0.3, 0.4) is 0 Å². The first-order valence-corrected chi connectivity index (χ1v) is 6.62. The van der Waals surface area contributed by atoms with Gasteiger partial charge in [-0.3, -0.25) is 4.79 Å². The van der Waals surface area contributed by atoms with Crippen LogP contribution in [0.1, 0.15) is 28.3 Å². The third-order valence-electron chi connectivity index (χ3n) is 2.29. The minimum absolute atomic E-state index is 0.160. The molecule has 0 aliphatic heterocycles. The molecule has 0 bridgehead atoms. The van der Waals surface area contributed by atoms with Gasteiger partial charge in [-0.1, -0.05) is 5.16 Å². The van der Waals surface area contributed by atoms with Crippen molar-refractivity contribution in [2.75, 3.05) is 17.6 Å². The number of aromatic nitrogens is 2. The zero-order valence-corrected chi connectivity index (χ0v) is 11.5. The van der Waals surface area contributed by atoms with Gasteiger partial charge >= 0.3 is 0 Å². The minimum Gasteiger partial charge on any atom is -0.397 e. The lowest BCUT2D eigenvalue weighted by atomic mass is 10.3. The van der Waals surface area contributed by atoms with E-state index in [1.165, 1.54) is 11.3 Å². The highest BCUT2D eigenvalue weighted by Gasteiger charge is 2.14. The van der Waals surface area contributed by atoms with Crippen LogP contribution in [0, 0.1) is 6.92 Å². The number of amides is 1. The van der Waals surface area contributed by atoms with Crippen LogP contribution in [-0.4, -0.2) is 22.6 Å². The van der Waals surface area contributed by atoms with Gasteiger partial charge in [0.05, 0.1) is 17.2 Å². The molecule has 0 spiro atoms. The van der Waals surface area contributed by atoms with Crippen LogP contribution in [0.2, 0.25) is 0 Å². The maximum Gasteiger partial charge on any atom is 0.263 e.